The van der Waals surface area contributed by atoms with Crippen LogP contribution in [0.5, 0.6) is 0 Å². The van der Waals surface area contributed by atoms with Crippen molar-refractivity contribution in [3.05, 3.63) is 29.2 Å². The predicted molar refractivity (Wildman–Crippen MR) is 72.0 cm³/mol. The maximum Gasteiger partial charge on any atom is 0.160 e. The molecule has 1 saturated heterocycles. The molecule has 0 saturated carbocycles. The lowest BCUT2D eigenvalue weighted by Crippen LogP contribution is -2.31. The summed E-state index contributed by atoms with van der Waals surface area (Å²) in [5.41, 5.74) is 0.869. The zero-order valence-corrected chi connectivity index (χ0v) is 11.1. The van der Waals surface area contributed by atoms with Crippen LogP contribution in [0, 0.1) is 0 Å². The van der Waals surface area contributed by atoms with Gasteiger partial charge in [-0.05, 0) is 38.1 Å². The number of halogens is 1. The molecule has 3 heterocycles. The van der Waals surface area contributed by atoms with Crippen molar-refractivity contribution in [2.75, 3.05) is 19.6 Å². The second-order valence-corrected chi connectivity index (χ2v) is 5.28. The third-order valence-corrected chi connectivity index (χ3v) is 3.76. The van der Waals surface area contributed by atoms with E-state index >= 15 is 0 Å². The molecular formula is C13H17ClN4. The van der Waals surface area contributed by atoms with E-state index in [0.29, 0.717) is 0 Å². The van der Waals surface area contributed by atoms with Crippen LogP contribution in [0.25, 0.3) is 5.65 Å². The minimum atomic E-state index is 0.724. The Morgan fingerprint density at radius 3 is 2.78 bits per heavy atom. The van der Waals surface area contributed by atoms with Crippen LogP contribution in [0.1, 0.15) is 25.1 Å². The second kappa shape index (κ2) is 5.24. The van der Waals surface area contributed by atoms with E-state index in [-0.39, 0.29) is 0 Å². The SMILES string of the molecule is Clc1ccc2nnc(CCN3CCCCC3)n2c1. The van der Waals surface area contributed by atoms with E-state index in [1.807, 2.05) is 22.7 Å². The monoisotopic (exact) mass is 264 g/mol. The largest absolute Gasteiger partial charge is 0.303 e. The summed E-state index contributed by atoms with van der Waals surface area (Å²) >= 11 is 6.01. The normalized spacial score (nSPS) is 17.4. The third-order valence-electron chi connectivity index (χ3n) is 3.54. The maximum absolute atomic E-state index is 6.01. The van der Waals surface area contributed by atoms with Crippen molar-refractivity contribution in [2.24, 2.45) is 0 Å². The fraction of sp³-hybridized carbons (Fsp3) is 0.538. The second-order valence-electron chi connectivity index (χ2n) is 4.84. The molecule has 96 valence electrons. The molecule has 0 unspecified atom stereocenters. The first-order valence-electron chi connectivity index (χ1n) is 6.54. The van der Waals surface area contributed by atoms with E-state index in [4.69, 9.17) is 11.6 Å². The highest BCUT2D eigenvalue weighted by atomic mass is 35.5. The number of nitrogens with zero attached hydrogens (tertiary/aromatic N) is 4. The molecule has 0 spiro atoms. The molecule has 0 aromatic carbocycles. The van der Waals surface area contributed by atoms with Gasteiger partial charge in [0.05, 0.1) is 5.02 Å². The van der Waals surface area contributed by atoms with Gasteiger partial charge in [-0.15, -0.1) is 10.2 Å². The number of hydrogen-bond acceptors (Lipinski definition) is 3. The fourth-order valence-corrected chi connectivity index (χ4v) is 2.68. The highest BCUT2D eigenvalue weighted by molar-refractivity contribution is 6.30. The van der Waals surface area contributed by atoms with E-state index in [1.165, 1.54) is 32.4 Å². The van der Waals surface area contributed by atoms with Crippen molar-refractivity contribution in [3.8, 4) is 0 Å². The van der Waals surface area contributed by atoms with Gasteiger partial charge in [0.1, 0.15) is 5.82 Å². The number of aromatic nitrogens is 3. The van der Waals surface area contributed by atoms with E-state index in [0.717, 1.165) is 29.5 Å². The van der Waals surface area contributed by atoms with Crippen LogP contribution in [0.4, 0.5) is 0 Å². The summed E-state index contributed by atoms with van der Waals surface area (Å²) in [6, 6.07) is 3.75. The first-order chi connectivity index (χ1) is 8.83. The molecule has 1 aliphatic rings. The molecule has 18 heavy (non-hydrogen) atoms. The van der Waals surface area contributed by atoms with Gasteiger partial charge in [0, 0.05) is 19.2 Å². The van der Waals surface area contributed by atoms with Gasteiger partial charge in [-0.2, -0.15) is 0 Å². The Bertz CT molecular complexity index is 531. The molecule has 4 nitrogen and oxygen atoms in total. The highest BCUT2D eigenvalue weighted by Gasteiger charge is 2.12. The van der Waals surface area contributed by atoms with Gasteiger partial charge in [0.2, 0.25) is 0 Å². The van der Waals surface area contributed by atoms with Crippen LogP contribution in [0.2, 0.25) is 5.02 Å². The highest BCUT2D eigenvalue weighted by Crippen LogP contribution is 2.13. The zero-order valence-electron chi connectivity index (χ0n) is 10.3. The number of piperidine rings is 1. The van der Waals surface area contributed by atoms with Crippen LogP contribution in [-0.4, -0.2) is 39.1 Å². The van der Waals surface area contributed by atoms with Gasteiger partial charge in [0.15, 0.2) is 5.65 Å². The van der Waals surface area contributed by atoms with E-state index in [1.54, 1.807) is 0 Å². The summed E-state index contributed by atoms with van der Waals surface area (Å²) in [5, 5.41) is 9.13. The van der Waals surface area contributed by atoms with E-state index in [2.05, 4.69) is 15.1 Å². The van der Waals surface area contributed by atoms with Gasteiger partial charge in [0.25, 0.3) is 0 Å². The summed E-state index contributed by atoms with van der Waals surface area (Å²) in [6.07, 6.45) is 6.85. The Morgan fingerprint density at radius 1 is 1.11 bits per heavy atom. The smallest absolute Gasteiger partial charge is 0.160 e. The number of pyridine rings is 1. The average molecular weight is 265 g/mol. The Balaban J connectivity index is 1.72. The molecule has 0 N–H and O–H groups in total. The van der Waals surface area contributed by atoms with Crippen molar-refractivity contribution in [2.45, 2.75) is 25.7 Å². The molecule has 3 rings (SSSR count). The molecule has 1 aliphatic heterocycles. The molecule has 0 radical (unpaired) electrons. The van der Waals surface area contributed by atoms with E-state index < -0.39 is 0 Å². The quantitative estimate of drug-likeness (QED) is 0.854. The standard InChI is InChI=1S/C13H17ClN4/c14-11-4-5-12-15-16-13(18(12)10-11)6-9-17-7-2-1-3-8-17/h4-5,10H,1-3,6-9H2. The lowest BCUT2D eigenvalue weighted by Gasteiger charge is -2.25. The van der Waals surface area contributed by atoms with Crippen molar-refractivity contribution >= 4 is 17.2 Å². The Hall–Kier alpha value is -1.13. The molecule has 5 heteroatoms. The zero-order chi connectivity index (χ0) is 12.4. The first kappa shape index (κ1) is 11.9. The van der Waals surface area contributed by atoms with Crippen LogP contribution in [0.3, 0.4) is 0 Å². The Kier molecular flexibility index (Phi) is 3.48. The Morgan fingerprint density at radius 2 is 1.94 bits per heavy atom. The molecular weight excluding hydrogens is 248 g/mol. The predicted octanol–water partition coefficient (Wildman–Crippen LogP) is 2.41. The first-order valence-corrected chi connectivity index (χ1v) is 6.92. The average Bonchev–Trinajstić information content (AvgIpc) is 2.80. The summed E-state index contributed by atoms with van der Waals surface area (Å²) in [6.45, 7) is 3.50. The van der Waals surface area contributed by atoms with E-state index in [9.17, 15) is 0 Å². The van der Waals surface area contributed by atoms with Gasteiger partial charge in [-0.3, -0.25) is 4.40 Å². The van der Waals surface area contributed by atoms with Crippen LogP contribution >= 0.6 is 11.6 Å². The molecule has 0 aliphatic carbocycles. The topological polar surface area (TPSA) is 33.4 Å². The van der Waals surface area contributed by atoms with Crippen LogP contribution in [0.15, 0.2) is 18.3 Å². The lowest BCUT2D eigenvalue weighted by molar-refractivity contribution is 0.230. The lowest BCUT2D eigenvalue weighted by atomic mass is 10.1. The van der Waals surface area contributed by atoms with Gasteiger partial charge < -0.3 is 4.90 Å². The van der Waals surface area contributed by atoms with Gasteiger partial charge in [-0.1, -0.05) is 18.0 Å². The molecule has 0 amide bonds. The number of hydrogen-bond donors (Lipinski definition) is 0. The number of likely N-dealkylation sites (tertiary alicyclic amines) is 1. The molecule has 2 aromatic heterocycles. The molecule has 2 aromatic rings. The van der Waals surface area contributed by atoms with Gasteiger partial charge >= 0.3 is 0 Å². The molecule has 0 bridgehead atoms. The summed E-state index contributed by atoms with van der Waals surface area (Å²) in [5.74, 6) is 0.998. The minimum Gasteiger partial charge on any atom is -0.303 e. The van der Waals surface area contributed by atoms with Crippen LogP contribution < -0.4 is 0 Å². The molecule has 1 fully saturated rings. The fourth-order valence-electron chi connectivity index (χ4n) is 2.52. The van der Waals surface area contributed by atoms with Crippen molar-refractivity contribution in [1.29, 1.82) is 0 Å². The minimum absolute atomic E-state index is 0.724. The summed E-state index contributed by atoms with van der Waals surface area (Å²) < 4.78 is 1.99. The maximum atomic E-state index is 6.01. The summed E-state index contributed by atoms with van der Waals surface area (Å²) in [7, 11) is 0. The number of rotatable bonds is 3. The van der Waals surface area contributed by atoms with Crippen LogP contribution in [-0.2, 0) is 6.42 Å². The van der Waals surface area contributed by atoms with Crippen molar-refractivity contribution < 1.29 is 0 Å². The van der Waals surface area contributed by atoms with Gasteiger partial charge in [-0.25, -0.2) is 0 Å². The number of fused-ring (bicyclic) bond motifs is 1. The Labute approximate surface area is 112 Å². The third kappa shape index (κ3) is 2.49. The summed E-state index contributed by atoms with van der Waals surface area (Å²) in [4.78, 5) is 2.51. The van der Waals surface area contributed by atoms with Crippen molar-refractivity contribution in [1.82, 2.24) is 19.5 Å². The van der Waals surface area contributed by atoms with Crippen molar-refractivity contribution in [3.63, 3.8) is 0 Å². The molecule has 0 atom stereocenters.